The van der Waals surface area contributed by atoms with Crippen LogP contribution < -0.4 is 10.2 Å². The molecule has 0 aliphatic heterocycles. The molecule has 1 aromatic rings. The minimum atomic E-state index is 0.476. The lowest BCUT2D eigenvalue weighted by molar-refractivity contribution is 0.490. The van der Waals surface area contributed by atoms with Crippen LogP contribution in [0.3, 0.4) is 0 Å². The van der Waals surface area contributed by atoms with E-state index in [2.05, 4.69) is 24.2 Å². The van der Waals surface area contributed by atoms with Crippen LogP contribution in [0.1, 0.15) is 42.8 Å². The zero-order valence-corrected chi connectivity index (χ0v) is 11.2. The summed E-state index contributed by atoms with van der Waals surface area (Å²) < 4.78 is 0. The van der Waals surface area contributed by atoms with Gasteiger partial charge in [-0.25, -0.2) is 4.98 Å². The summed E-state index contributed by atoms with van der Waals surface area (Å²) in [6.45, 7) is 3.30. The maximum absolute atomic E-state index is 4.80. The van der Waals surface area contributed by atoms with E-state index in [-0.39, 0.29) is 0 Å². The van der Waals surface area contributed by atoms with Crippen molar-refractivity contribution in [2.24, 2.45) is 0 Å². The van der Waals surface area contributed by atoms with E-state index in [4.69, 9.17) is 4.98 Å². The first-order chi connectivity index (χ1) is 7.76. The Hall–Kier alpha value is -0.610. The molecule has 2 rings (SSSR count). The molecule has 4 heteroatoms. The van der Waals surface area contributed by atoms with Crippen LogP contribution in [0.2, 0.25) is 0 Å². The van der Waals surface area contributed by atoms with E-state index in [0.29, 0.717) is 6.04 Å². The third-order valence-electron chi connectivity index (χ3n) is 3.18. The highest BCUT2D eigenvalue weighted by Crippen LogP contribution is 2.36. The van der Waals surface area contributed by atoms with Crippen LogP contribution >= 0.6 is 11.3 Å². The molecule has 0 saturated heterocycles. The number of fused-ring (bicyclic) bond motifs is 1. The van der Waals surface area contributed by atoms with Crippen molar-refractivity contribution in [3.63, 3.8) is 0 Å². The van der Waals surface area contributed by atoms with E-state index in [1.165, 1.54) is 41.4 Å². The normalized spacial score (nSPS) is 19.6. The van der Waals surface area contributed by atoms with Crippen molar-refractivity contribution < 1.29 is 0 Å². The minimum absolute atomic E-state index is 0.476. The van der Waals surface area contributed by atoms with Gasteiger partial charge in [0.15, 0.2) is 5.13 Å². The van der Waals surface area contributed by atoms with Gasteiger partial charge in [-0.1, -0.05) is 6.92 Å². The van der Waals surface area contributed by atoms with Gasteiger partial charge in [-0.15, -0.1) is 11.3 Å². The topological polar surface area (TPSA) is 28.2 Å². The van der Waals surface area contributed by atoms with Crippen LogP contribution in [0.15, 0.2) is 0 Å². The Balaban J connectivity index is 2.21. The number of nitrogens with zero attached hydrogens (tertiary/aromatic N) is 2. The molecule has 0 saturated carbocycles. The summed E-state index contributed by atoms with van der Waals surface area (Å²) in [4.78, 5) is 8.57. The molecule has 16 heavy (non-hydrogen) atoms. The van der Waals surface area contributed by atoms with E-state index in [1.54, 1.807) is 0 Å². The van der Waals surface area contributed by atoms with Gasteiger partial charge in [0.05, 0.1) is 11.7 Å². The molecule has 1 aliphatic carbocycles. The van der Waals surface area contributed by atoms with E-state index in [0.717, 1.165) is 6.54 Å². The number of hydrogen-bond acceptors (Lipinski definition) is 4. The fourth-order valence-electron chi connectivity index (χ4n) is 2.28. The molecule has 1 heterocycles. The molecule has 1 N–H and O–H groups in total. The number of rotatable bonds is 4. The summed E-state index contributed by atoms with van der Waals surface area (Å²) in [6.07, 6.45) is 4.91. The first kappa shape index (κ1) is 11.9. The fraction of sp³-hybridized carbons (Fsp3) is 0.750. The standard InChI is InChI=1S/C12H21N3S/c1-4-8-15(3)12-14-11-9(13-2)6-5-7-10(11)16-12/h9,13H,4-8H2,1-3H3. The van der Waals surface area contributed by atoms with Crippen LogP contribution in [0.4, 0.5) is 5.13 Å². The Labute approximate surface area is 102 Å². The van der Waals surface area contributed by atoms with Crippen molar-refractivity contribution in [3.05, 3.63) is 10.6 Å². The van der Waals surface area contributed by atoms with Crippen LogP contribution in [-0.2, 0) is 6.42 Å². The Kier molecular flexibility index (Phi) is 3.82. The summed E-state index contributed by atoms with van der Waals surface area (Å²) in [5.74, 6) is 0. The Morgan fingerprint density at radius 3 is 3.06 bits per heavy atom. The highest BCUT2D eigenvalue weighted by atomic mass is 32.1. The zero-order valence-electron chi connectivity index (χ0n) is 10.4. The van der Waals surface area contributed by atoms with Gasteiger partial charge in [0.2, 0.25) is 0 Å². The first-order valence-electron chi connectivity index (χ1n) is 6.14. The largest absolute Gasteiger partial charge is 0.351 e. The lowest BCUT2D eigenvalue weighted by Crippen LogP contribution is -2.21. The second-order valence-corrected chi connectivity index (χ2v) is 5.52. The molecule has 0 spiro atoms. The molecule has 1 aliphatic rings. The zero-order chi connectivity index (χ0) is 11.5. The van der Waals surface area contributed by atoms with Gasteiger partial charge in [0.1, 0.15) is 0 Å². The Bertz CT molecular complexity index is 348. The molecule has 1 atom stereocenters. The maximum atomic E-state index is 4.80. The molecule has 0 aromatic carbocycles. The molecular formula is C12H21N3S. The monoisotopic (exact) mass is 239 g/mol. The quantitative estimate of drug-likeness (QED) is 0.875. The van der Waals surface area contributed by atoms with Gasteiger partial charge in [-0.3, -0.25) is 0 Å². The number of hydrogen-bond donors (Lipinski definition) is 1. The van der Waals surface area contributed by atoms with Gasteiger partial charge in [-0.2, -0.15) is 0 Å². The summed E-state index contributed by atoms with van der Waals surface area (Å²) >= 11 is 1.88. The first-order valence-corrected chi connectivity index (χ1v) is 6.96. The second-order valence-electron chi connectivity index (χ2n) is 4.46. The van der Waals surface area contributed by atoms with Crippen LogP contribution in [-0.4, -0.2) is 25.6 Å². The van der Waals surface area contributed by atoms with Crippen LogP contribution in [0.5, 0.6) is 0 Å². The Morgan fingerprint density at radius 2 is 2.38 bits per heavy atom. The molecule has 0 bridgehead atoms. The summed E-state index contributed by atoms with van der Waals surface area (Å²) in [5, 5.41) is 4.56. The maximum Gasteiger partial charge on any atom is 0.185 e. The summed E-state index contributed by atoms with van der Waals surface area (Å²) in [7, 11) is 4.18. The van der Waals surface area contributed by atoms with E-state index >= 15 is 0 Å². The molecule has 0 fully saturated rings. The molecule has 1 unspecified atom stereocenters. The van der Waals surface area contributed by atoms with Crippen molar-refractivity contribution in [1.29, 1.82) is 0 Å². The van der Waals surface area contributed by atoms with Crippen molar-refractivity contribution in [2.45, 2.75) is 38.6 Å². The molecule has 3 nitrogen and oxygen atoms in total. The predicted molar refractivity (Wildman–Crippen MR) is 70.4 cm³/mol. The lowest BCUT2D eigenvalue weighted by atomic mass is 9.98. The van der Waals surface area contributed by atoms with Gasteiger partial charge < -0.3 is 10.2 Å². The highest BCUT2D eigenvalue weighted by molar-refractivity contribution is 7.15. The minimum Gasteiger partial charge on any atom is -0.351 e. The van der Waals surface area contributed by atoms with Gasteiger partial charge in [0, 0.05) is 18.5 Å². The molecule has 0 radical (unpaired) electrons. The number of aromatic nitrogens is 1. The number of thiazole rings is 1. The summed E-state index contributed by atoms with van der Waals surface area (Å²) in [5.41, 5.74) is 1.30. The van der Waals surface area contributed by atoms with Crippen LogP contribution in [0.25, 0.3) is 0 Å². The van der Waals surface area contributed by atoms with Gasteiger partial charge in [0.25, 0.3) is 0 Å². The number of nitrogens with one attached hydrogen (secondary N) is 1. The molecular weight excluding hydrogens is 218 g/mol. The third kappa shape index (κ3) is 2.23. The fourth-order valence-corrected chi connectivity index (χ4v) is 3.43. The molecule has 90 valence electrons. The number of aryl methyl sites for hydroxylation is 1. The van der Waals surface area contributed by atoms with E-state index < -0.39 is 0 Å². The summed E-state index contributed by atoms with van der Waals surface area (Å²) in [6, 6.07) is 0.476. The second kappa shape index (κ2) is 5.15. The smallest absolute Gasteiger partial charge is 0.185 e. The number of anilines is 1. The highest BCUT2D eigenvalue weighted by Gasteiger charge is 2.24. The SMILES string of the molecule is CCCN(C)c1nc2c(s1)CCCC2NC. The average Bonchev–Trinajstić information content (AvgIpc) is 2.72. The average molecular weight is 239 g/mol. The predicted octanol–water partition coefficient (Wildman–Crippen LogP) is 2.59. The van der Waals surface area contributed by atoms with Crippen molar-refractivity contribution in [1.82, 2.24) is 10.3 Å². The Morgan fingerprint density at radius 1 is 1.56 bits per heavy atom. The molecule has 1 aromatic heterocycles. The van der Waals surface area contributed by atoms with Gasteiger partial charge in [-0.05, 0) is 32.7 Å². The third-order valence-corrected chi connectivity index (χ3v) is 4.42. The van der Waals surface area contributed by atoms with Crippen molar-refractivity contribution in [3.8, 4) is 0 Å². The lowest BCUT2D eigenvalue weighted by Gasteiger charge is -2.19. The van der Waals surface area contributed by atoms with E-state index in [9.17, 15) is 0 Å². The van der Waals surface area contributed by atoms with Gasteiger partial charge >= 0.3 is 0 Å². The van der Waals surface area contributed by atoms with E-state index in [1.807, 2.05) is 18.4 Å². The molecule has 0 amide bonds. The van der Waals surface area contributed by atoms with Crippen molar-refractivity contribution >= 4 is 16.5 Å². The van der Waals surface area contributed by atoms with Crippen LogP contribution in [0, 0.1) is 0 Å². The van der Waals surface area contributed by atoms with Crippen molar-refractivity contribution in [2.75, 3.05) is 25.5 Å².